The number of furan rings is 1. The molecule has 1 atom stereocenters. The molecule has 0 bridgehead atoms. The van der Waals surface area contributed by atoms with Crippen LogP contribution in [0.5, 0.6) is 5.75 Å². The number of hydrogen-bond donors (Lipinski definition) is 2. The fourth-order valence-electron chi connectivity index (χ4n) is 4.42. The molecule has 0 spiro atoms. The normalized spacial score (nSPS) is 17.0. The van der Waals surface area contributed by atoms with Crippen molar-refractivity contribution in [2.24, 2.45) is 0 Å². The lowest BCUT2D eigenvalue weighted by Gasteiger charge is -2.04. The minimum absolute atomic E-state index is 0.0777. The molecule has 5 rings (SSSR count). The number of nitrogens with one attached hydrogen (secondary N) is 2. The van der Waals surface area contributed by atoms with Gasteiger partial charge < -0.3 is 19.4 Å². The summed E-state index contributed by atoms with van der Waals surface area (Å²) in [6, 6.07) is 12.0. The zero-order valence-electron chi connectivity index (χ0n) is 22.6. The first-order valence-corrected chi connectivity index (χ1v) is 12.9. The van der Waals surface area contributed by atoms with Gasteiger partial charge in [0.15, 0.2) is 6.04 Å². The molecule has 39 heavy (non-hydrogen) atoms. The lowest BCUT2D eigenvalue weighted by molar-refractivity contribution is -0.120. The number of carbonyl (C=O) groups excluding carboxylic acids is 3. The number of amides is 4. The molecule has 202 valence electrons. The smallest absolute Gasteiger partial charge is 0.322 e. The summed E-state index contributed by atoms with van der Waals surface area (Å²) in [5, 5.41) is 5.65. The van der Waals surface area contributed by atoms with Gasteiger partial charge >= 0.3 is 6.03 Å². The molecule has 2 aliphatic rings. The number of carbonyl (C=O) groups is 3. The summed E-state index contributed by atoms with van der Waals surface area (Å²) in [7, 11) is 3.40. The standard InChI is InChI=1S/C21H22N2O3.C10H11NO2/c1-3-5-6-7-8-9-14(4-2)15-10-11-17-16(12-15)13-18(26-17)19-20(24)23-21(25)22-19;1-11-6-7-3-4-8(13-2)5-9(7)10(11)12/h4,6-13,19H,3,5H2,1-2H3,(H2,22,23,24,25);3-5H,6H2,1-2H3/b7-6+,9-8-,14-4+;. The molecule has 3 aromatic rings. The van der Waals surface area contributed by atoms with Gasteiger partial charge in [-0.1, -0.05) is 55.9 Å². The molecule has 3 heterocycles. The van der Waals surface area contributed by atoms with Gasteiger partial charge in [0, 0.05) is 24.5 Å². The molecule has 1 aromatic heterocycles. The van der Waals surface area contributed by atoms with E-state index in [9.17, 15) is 14.4 Å². The van der Waals surface area contributed by atoms with Crippen LogP contribution in [0.25, 0.3) is 16.5 Å². The summed E-state index contributed by atoms with van der Waals surface area (Å²) in [6.45, 7) is 4.86. The first-order chi connectivity index (χ1) is 18.8. The molecule has 0 saturated carbocycles. The minimum atomic E-state index is -0.775. The highest BCUT2D eigenvalue weighted by atomic mass is 16.5. The molecule has 2 N–H and O–H groups in total. The molecule has 8 nitrogen and oxygen atoms in total. The Morgan fingerprint density at radius 2 is 1.95 bits per heavy atom. The third-order valence-electron chi connectivity index (χ3n) is 6.52. The Kier molecular flexibility index (Phi) is 8.66. The zero-order valence-corrected chi connectivity index (χ0v) is 22.6. The van der Waals surface area contributed by atoms with Crippen molar-refractivity contribution >= 4 is 34.4 Å². The Hall–Kier alpha value is -4.59. The molecular formula is C31H33N3O5. The number of unbranched alkanes of at least 4 members (excludes halogenated alkanes) is 1. The van der Waals surface area contributed by atoms with Crippen molar-refractivity contribution < 1.29 is 23.5 Å². The summed E-state index contributed by atoms with van der Waals surface area (Å²) in [5.74, 6) is 0.849. The van der Waals surface area contributed by atoms with Crippen molar-refractivity contribution in [3.05, 3.63) is 95.3 Å². The van der Waals surface area contributed by atoms with Crippen LogP contribution in [0, 0.1) is 0 Å². The van der Waals surface area contributed by atoms with E-state index in [4.69, 9.17) is 9.15 Å². The summed E-state index contributed by atoms with van der Waals surface area (Å²) in [4.78, 5) is 36.3. The van der Waals surface area contributed by atoms with E-state index < -0.39 is 18.0 Å². The Bertz CT molecular complexity index is 1480. The number of allylic oxidation sites excluding steroid dienone is 6. The van der Waals surface area contributed by atoms with E-state index in [1.807, 2.05) is 43.3 Å². The largest absolute Gasteiger partial charge is 0.497 e. The second-order valence-corrected chi connectivity index (χ2v) is 9.30. The van der Waals surface area contributed by atoms with Gasteiger partial charge in [-0.15, -0.1) is 0 Å². The Labute approximate surface area is 228 Å². The maximum atomic E-state index is 11.8. The lowest BCUT2D eigenvalue weighted by Crippen LogP contribution is -2.22. The van der Waals surface area contributed by atoms with Crippen molar-refractivity contribution in [3.63, 3.8) is 0 Å². The Morgan fingerprint density at radius 1 is 1.13 bits per heavy atom. The fourth-order valence-corrected chi connectivity index (χ4v) is 4.42. The summed E-state index contributed by atoms with van der Waals surface area (Å²) in [6.07, 6.45) is 12.6. The second kappa shape index (κ2) is 12.3. The molecule has 4 amide bonds. The topological polar surface area (TPSA) is 101 Å². The van der Waals surface area contributed by atoms with Crippen molar-refractivity contribution in [1.82, 2.24) is 15.5 Å². The van der Waals surface area contributed by atoms with Crippen molar-refractivity contribution in [2.45, 2.75) is 39.3 Å². The number of urea groups is 1. The lowest BCUT2D eigenvalue weighted by atomic mass is 10.0. The van der Waals surface area contributed by atoms with Crippen LogP contribution in [0.1, 0.15) is 60.0 Å². The van der Waals surface area contributed by atoms with E-state index in [0.717, 1.165) is 46.2 Å². The van der Waals surface area contributed by atoms with Crippen molar-refractivity contribution in [2.75, 3.05) is 14.2 Å². The first kappa shape index (κ1) is 27.4. The molecule has 2 aromatic carbocycles. The second-order valence-electron chi connectivity index (χ2n) is 9.30. The van der Waals surface area contributed by atoms with Gasteiger partial charge in [0.2, 0.25) is 0 Å². The van der Waals surface area contributed by atoms with Gasteiger partial charge in [0.25, 0.3) is 11.8 Å². The van der Waals surface area contributed by atoms with E-state index in [0.29, 0.717) is 17.9 Å². The van der Waals surface area contributed by atoms with Crippen LogP contribution in [0.15, 0.2) is 77.3 Å². The Balaban J connectivity index is 0.000000226. The van der Waals surface area contributed by atoms with Crippen LogP contribution in [0.2, 0.25) is 0 Å². The van der Waals surface area contributed by atoms with Crippen molar-refractivity contribution in [3.8, 4) is 5.75 Å². The highest BCUT2D eigenvalue weighted by molar-refractivity contribution is 6.04. The first-order valence-electron chi connectivity index (χ1n) is 12.9. The number of benzene rings is 2. The van der Waals surface area contributed by atoms with Gasteiger partial charge in [-0.05, 0) is 60.4 Å². The van der Waals surface area contributed by atoms with Crippen molar-refractivity contribution in [1.29, 1.82) is 0 Å². The maximum absolute atomic E-state index is 11.8. The molecule has 1 fully saturated rings. The van der Waals surface area contributed by atoms with E-state index in [1.165, 1.54) is 0 Å². The van der Waals surface area contributed by atoms with Crippen LogP contribution in [-0.2, 0) is 11.3 Å². The van der Waals surface area contributed by atoms with Gasteiger partial charge in [0.1, 0.15) is 17.1 Å². The van der Waals surface area contributed by atoms with Gasteiger partial charge in [-0.3, -0.25) is 14.9 Å². The number of hydrogen-bond acceptors (Lipinski definition) is 5. The quantitative estimate of drug-likeness (QED) is 0.294. The molecule has 0 aliphatic carbocycles. The Morgan fingerprint density at radius 3 is 2.64 bits per heavy atom. The number of fused-ring (bicyclic) bond motifs is 2. The highest BCUT2D eigenvalue weighted by Gasteiger charge is 2.33. The van der Waals surface area contributed by atoms with E-state index in [-0.39, 0.29) is 5.91 Å². The van der Waals surface area contributed by atoms with Crippen LogP contribution in [-0.4, -0.2) is 36.9 Å². The molecule has 1 unspecified atom stereocenters. The van der Waals surface area contributed by atoms with Crippen LogP contribution >= 0.6 is 0 Å². The summed E-state index contributed by atoms with van der Waals surface area (Å²) < 4.78 is 10.8. The summed E-state index contributed by atoms with van der Waals surface area (Å²) in [5.41, 5.74) is 4.69. The van der Waals surface area contributed by atoms with Crippen LogP contribution in [0.4, 0.5) is 4.79 Å². The maximum Gasteiger partial charge on any atom is 0.322 e. The predicted molar refractivity (Wildman–Crippen MR) is 151 cm³/mol. The number of imide groups is 1. The van der Waals surface area contributed by atoms with E-state index in [2.05, 4.69) is 41.9 Å². The highest BCUT2D eigenvalue weighted by Crippen LogP contribution is 2.29. The van der Waals surface area contributed by atoms with E-state index >= 15 is 0 Å². The zero-order chi connectivity index (χ0) is 27.9. The number of ether oxygens (including phenoxy) is 1. The molecular weight excluding hydrogens is 494 g/mol. The number of nitrogens with zero attached hydrogens (tertiary/aromatic N) is 1. The summed E-state index contributed by atoms with van der Waals surface area (Å²) >= 11 is 0. The average Bonchev–Trinajstić information content (AvgIpc) is 3.60. The number of methoxy groups -OCH3 is 1. The fraction of sp³-hybridized carbons (Fsp3) is 0.258. The SMILES string of the molecule is COc1ccc2c(c1)C(=O)N(C)C2.C\C=C(/C=C\C=C\CCC)c1ccc2oc(C3NC(=O)NC3=O)cc2c1. The van der Waals surface area contributed by atoms with Gasteiger partial charge in [0.05, 0.1) is 7.11 Å². The predicted octanol–water partition coefficient (Wildman–Crippen LogP) is 5.91. The van der Waals surface area contributed by atoms with Crippen LogP contribution in [0.3, 0.4) is 0 Å². The monoisotopic (exact) mass is 527 g/mol. The molecule has 8 heteroatoms. The average molecular weight is 528 g/mol. The van der Waals surface area contributed by atoms with Gasteiger partial charge in [-0.25, -0.2) is 4.79 Å². The third-order valence-corrected chi connectivity index (χ3v) is 6.52. The molecule has 1 saturated heterocycles. The molecule has 2 aliphatic heterocycles. The molecule has 0 radical (unpaired) electrons. The van der Waals surface area contributed by atoms with Gasteiger partial charge in [-0.2, -0.15) is 0 Å². The third kappa shape index (κ3) is 6.29. The number of rotatable bonds is 7. The van der Waals surface area contributed by atoms with E-state index in [1.54, 1.807) is 31.2 Å². The minimum Gasteiger partial charge on any atom is -0.497 e. The van der Waals surface area contributed by atoms with Crippen LogP contribution < -0.4 is 15.4 Å².